The van der Waals surface area contributed by atoms with Crippen LogP contribution in [-0.4, -0.2) is 65.4 Å². The Bertz CT molecular complexity index is 901. The maximum Gasteiger partial charge on any atom is 0.0988 e. The van der Waals surface area contributed by atoms with Gasteiger partial charge in [-0.15, -0.1) is 0 Å². The van der Waals surface area contributed by atoms with Crippen LogP contribution in [0.25, 0.3) is 0 Å². The molecule has 0 aromatic rings. The van der Waals surface area contributed by atoms with Crippen LogP contribution in [0.2, 0.25) is 0 Å². The number of piperidine rings is 1. The number of aliphatic hydroxyl groups is 1. The second-order valence-electron chi connectivity index (χ2n) is 14.4. The third-order valence-electron chi connectivity index (χ3n) is 10.9. The molecule has 1 N–H and O–H groups in total. The molecule has 5 aliphatic rings. The fourth-order valence-electron chi connectivity index (χ4n) is 8.46. The highest BCUT2D eigenvalue weighted by atomic mass is 16.5. The summed E-state index contributed by atoms with van der Waals surface area (Å²) in [5, 5.41) is 11.5. The van der Waals surface area contributed by atoms with Gasteiger partial charge in [-0.25, -0.2) is 0 Å². The molecule has 0 radical (unpaired) electrons. The first kappa shape index (κ1) is 28.4. The zero-order chi connectivity index (χ0) is 26.9. The van der Waals surface area contributed by atoms with Crippen molar-refractivity contribution in [3.05, 3.63) is 35.1 Å². The fourth-order valence-corrected chi connectivity index (χ4v) is 8.46. The normalized spacial score (nSPS) is 32.8. The van der Waals surface area contributed by atoms with Gasteiger partial charge in [-0.3, -0.25) is 4.90 Å². The minimum absolute atomic E-state index is 0.0169. The SMILES string of the molecule is CCCCCCC(C)(C)C1=CC2OC(C)(C)[C@H]3CC=C(CN4CCC(N5CCCC5)CC4)CC3[C@@H]2C(O)=C1. The monoisotopic (exact) mass is 524 g/mol. The Morgan fingerprint density at radius 2 is 1.79 bits per heavy atom. The molecule has 3 saturated heterocycles. The number of aliphatic hydroxyl groups excluding tert-OH is 1. The molecule has 3 aliphatic heterocycles. The number of rotatable bonds is 9. The second-order valence-corrected chi connectivity index (χ2v) is 14.4. The van der Waals surface area contributed by atoms with Gasteiger partial charge in [-0.1, -0.05) is 64.2 Å². The van der Waals surface area contributed by atoms with Gasteiger partial charge in [0.15, 0.2) is 0 Å². The summed E-state index contributed by atoms with van der Waals surface area (Å²) in [6.07, 6.45) is 21.0. The topological polar surface area (TPSA) is 35.9 Å². The van der Waals surface area contributed by atoms with Crippen LogP contribution < -0.4 is 0 Å². The smallest absolute Gasteiger partial charge is 0.0988 e. The molecule has 4 nitrogen and oxygen atoms in total. The average Bonchev–Trinajstić information content (AvgIpc) is 3.41. The van der Waals surface area contributed by atoms with E-state index in [0.29, 0.717) is 17.6 Å². The lowest BCUT2D eigenvalue weighted by Crippen LogP contribution is -2.55. The summed E-state index contributed by atoms with van der Waals surface area (Å²) in [6, 6.07) is 0.816. The van der Waals surface area contributed by atoms with Gasteiger partial charge in [-0.05, 0) is 114 Å². The predicted octanol–water partition coefficient (Wildman–Crippen LogP) is 7.67. The molecule has 0 bridgehead atoms. The summed E-state index contributed by atoms with van der Waals surface area (Å²) in [5.41, 5.74) is 2.76. The van der Waals surface area contributed by atoms with Gasteiger partial charge in [0, 0.05) is 18.5 Å². The Morgan fingerprint density at radius 3 is 2.50 bits per heavy atom. The van der Waals surface area contributed by atoms with Crippen LogP contribution in [0.3, 0.4) is 0 Å². The van der Waals surface area contributed by atoms with Crippen LogP contribution in [-0.2, 0) is 4.74 Å². The van der Waals surface area contributed by atoms with Crippen molar-refractivity contribution >= 4 is 0 Å². The van der Waals surface area contributed by atoms with E-state index in [-0.39, 0.29) is 23.0 Å². The summed E-state index contributed by atoms with van der Waals surface area (Å²) in [4.78, 5) is 5.45. The van der Waals surface area contributed by atoms with Crippen molar-refractivity contribution < 1.29 is 9.84 Å². The lowest BCUT2D eigenvalue weighted by molar-refractivity contribution is -0.177. The summed E-state index contributed by atoms with van der Waals surface area (Å²) < 4.78 is 6.81. The average molecular weight is 525 g/mol. The van der Waals surface area contributed by atoms with E-state index in [2.05, 4.69) is 62.6 Å². The third-order valence-corrected chi connectivity index (χ3v) is 10.9. The minimum atomic E-state index is -0.174. The van der Waals surface area contributed by atoms with Gasteiger partial charge in [0.25, 0.3) is 0 Å². The molecule has 0 spiro atoms. The molecule has 4 heteroatoms. The van der Waals surface area contributed by atoms with E-state index in [9.17, 15) is 5.11 Å². The van der Waals surface area contributed by atoms with Gasteiger partial charge in [-0.2, -0.15) is 0 Å². The quantitative estimate of drug-likeness (QED) is 0.248. The zero-order valence-electron chi connectivity index (χ0n) is 25.2. The highest BCUT2D eigenvalue weighted by molar-refractivity contribution is 5.36. The van der Waals surface area contributed by atoms with Crippen molar-refractivity contribution in [2.24, 2.45) is 23.2 Å². The summed E-state index contributed by atoms with van der Waals surface area (Å²) in [6.45, 7) is 17.8. The van der Waals surface area contributed by atoms with Crippen molar-refractivity contribution in [1.82, 2.24) is 9.80 Å². The van der Waals surface area contributed by atoms with Crippen LogP contribution in [0.15, 0.2) is 35.1 Å². The molecule has 4 atom stereocenters. The van der Waals surface area contributed by atoms with Crippen molar-refractivity contribution in [3.63, 3.8) is 0 Å². The largest absolute Gasteiger partial charge is 0.512 e. The fraction of sp³-hybridized carbons (Fsp3) is 0.824. The molecule has 0 amide bonds. The van der Waals surface area contributed by atoms with Crippen molar-refractivity contribution in [3.8, 4) is 0 Å². The van der Waals surface area contributed by atoms with Gasteiger partial charge >= 0.3 is 0 Å². The van der Waals surface area contributed by atoms with Crippen LogP contribution in [0.4, 0.5) is 0 Å². The van der Waals surface area contributed by atoms with Gasteiger partial charge in [0.05, 0.1) is 17.5 Å². The number of hydrogen-bond donors (Lipinski definition) is 1. The molecule has 0 saturated carbocycles. The molecule has 3 fully saturated rings. The predicted molar refractivity (Wildman–Crippen MR) is 158 cm³/mol. The summed E-state index contributed by atoms with van der Waals surface area (Å²) in [5.74, 6) is 1.58. The van der Waals surface area contributed by atoms with E-state index in [1.807, 2.05) is 0 Å². The molecule has 5 rings (SSSR count). The Labute approximate surface area is 233 Å². The van der Waals surface area contributed by atoms with Gasteiger partial charge in [0.2, 0.25) is 0 Å². The molecule has 2 aliphatic carbocycles. The van der Waals surface area contributed by atoms with E-state index in [0.717, 1.165) is 31.8 Å². The molecule has 2 unspecified atom stereocenters. The summed E-state index contributed by atoms with van der Waals surface area (Å²) >= 11 is 0. The highest BCUT2D eigenvalue weighted by Gasteiger charge is 2.52. The Kier molecular flexibility index (Phi) is 8.82. The van der Waals surface area contributed by atoms with E-state index in [4.69, 9.17) is 4.74 Å². The lowest BCUT2D eigenvalue weighted by Gasteiger charge is -2.54. The molecular weight excluding hydrogens is 468 g/mol. The number of allylic oxidation sites excluding steroid dienone is 3. The molecule has 3 heterocycles. The molecule has 0 aromatic heterocycles. The maximum atomic E-state index is 11.5. The molecule has 0 aromatic carbocycles. The minimum Gasteiger partial charge on any atom is -0.512 e. The van der Waals surface area contributed by atoms with E-state index >= 15 is 0 Å². The van der Waals surface area contributed by atoms with Crippen LogP contribution in [0.5, 0.6) is 0 Å². The standard InChI is InChI=1S/C34H56N2O2/c1-6-7-8-9-16-33(2,3)26-22-30(37)32-28-21-25(12-13-29(28)34(4,5)38-31(32)23-26)24-35-19-14-27(15-20-35)36-17-10-11-18-36/h12,22-23,27-29,31-32,37H,6-11,13-21,24H2,1-5H3/t28?,29-,31?,32+/m0/s1. The molecule has 214 valence electrons. The van der Waals surface area contributed by atoms with E-state index < -0.39 is 0 Å². The van der Waals surface area contributed by atoms with Crippen molar-refractivity contribution in [1.29, 1.82) is 0 Å². The maximum absolute atomic E-state index is 11.5. The number of hydrogen-bond acceptors (Lipinski definition) is 4. The Balaban J connectivity index is 1.24. The Hall–Kier alpha value is -1.10. The van der Waals surface area contributed by atoms with Gasteiger partial charge in [0.1, 0.15) is 0 Å². The zero-order valence-corrected chi connectivity index (χ0v) is 25.2. The molecular formula is C34H56N2O2. The summed E-state index contributed by atoms with van der Waals surface area (Å²) in [7, 11) is 0. The van der Waals surface area contributed by atoms with Crippen molar-refractivity contribution in [2.45, 2.75) is 123 Å². The number of nitrogens with zero attached hydrogens (tertiary/aromatic N) is 2. The number of ether oxygens (including phenoxy) is 1. The number of fused-ring (bicyclic) bond motifs is 3. The van der Waals surface area contributed by atoms with E-state index in [1.165, 1.54) is 83.1 Å². The van der Waals surface area contributed by atoms with Crippen LogP contribution >= 0.6 is 0 Å². The van der Waals surface area contributed by atoms with Crippen LogP contribution in [0, 0.1) is 23.2 Å². The first-order chi connectivity index (χ1) is 18.2. The highest BCUT2D eigenvalue weighted by Crippen LogP contribution is 2.53. The van der Waals surface area contributed by atoms with Gasteiger partial charge < -0.3 is 14.7 Å². The first-order valence-corrected chi connectivity index (χ1v) is 16.1. The first-order valence-electron chi connectivity index (χ1n) is 16.1. The second kappa shape index (κ2) is 11.8. The van der Waals surface area contributed by atoms with Crippen molar-refractivity contribution in [2.75, 3.05) is 32.7 Å². The third kappa shape index (κ3) is 6.13. The van der Waals surface area contributed by atoms with E-state index in [1.54, 1.807) is 5.57 Å². The number of likely N-dealkylation sites (tertiary alicyclic amines) is 2. The molecule has 38 heavy (non-hydrogen) atoms. The Morgan fingerprint density at radius 1 is 1.05 bits per heavy atom. The van der Waals surface area contributed by atoms with Crippen LogP contribution in [0.1, 0.15) is 105 Å². The number of unbranched alkanes of at least 4 members (excludes halogenated alkanes) is 3. The lowest BCUT2D eigenvalue weighted by atomic mass is 9.61.